The van der Waals surface area contributed by atoms with Crippen molar-refractivity contribution in [2.45, 2.75) is 200 Å². The van der Waals surface area contributed by atoms with Gasteiger partial charge in [0.2, 0.25) is 0 Å². The number of phosphoric ester groups is 1. The maximum absolute atomic E-state index is 12.4. The minimum absolute atomic E-state index is 0.208. The van der Waals surface area contributed by atoms with E-state index in [-0.39, 0.29) is 19.4 Å². The Balaban J connectivity index is 3.92. The molecule has 302 valence electrons. The van der Waals surface area contributed by atoms with Crippen LogP contribution in [-0.4, -0.2) is 41.0 Å². The van der Waals surface area contributed by atoms with Crippen molar-refractivity contribution in [2.24, 2.45) is 0 Å². The SMILES string of the molecule is CC/C=C/C=C/C=C/C=C/CCCCCCCC(=O)OC[C@H](COP(=O)(O)O)OC(=O)CCCCCCCCCCCCCCCCCCCCC. The minimum atomic E-state index is -4.76. The van der Waals surface area contributed by atoms with Gasteiger partial charge in [0.1, 0.15) is 6.61 Å². The van der Waals surface area contributed by atoms with Crippen LogP contribution in [0.5, 0.6) is 0 Å². The van der Waals surface area contributed by atoms with Crippen molar-refractivity contribution < 1.29 is 37.9 Å². The fourth-order valence-electron chi connectivity index (χ4n) is 5.85. The summed E-state index contributed by atoms with van der Waals surface area (Å²) >= 11 is 0. The van der Waals surface area contributed by atoms with Crippen molar-refractivity contribution in [3.8, 4) is 0 Å². The normalized spacial score (nSPS) is 12.9. The van der Waals surface area contributed by atoms with E-state index in [0.717, 1.165) is 57.8 Å². The standard InChI is InChI=1S/C43H77O8P/c1-3-5-7-9-11-13-15-17-19-20-21-22-24-26-28-30-32-34-36-38-43(45)51-41(40-50-52(46,47)48)39-49-42(44)37-35-33-31-29-27-25-23-18-16-14-12-10-8-6-4-2/h6,8,10,12,14,16,18,23,41H,3-5,7,9,11,13,15,17,19-22,24-40H2,1-2H3,(H2,46,47,48)/b8-6+,12-10+,16-14+,23-18+/t41-/m1/s1. The second-order valence-electron chi connectivity index (χ2n) is 14.0. The maximum atomic E-state index is 12.4. The second-order valence-corrected chi connectivity index (χ2v) is 15.3. The predicted octanol–water partition coefficient (Wildman–Crippen LogP) is 12.7. The predicted molar refractivity (Wildman–Crippen MR) is 216 cm³/mol. The first kappa shape index (κ1) is 50.0. The quantitative estimate of drug-likeness (QED) is 0.0277. The van der Waals surface area contributed by atoms with E-state index < -0.39 is 32.5 Å². The summed E-state index contributed by atoms with van der Waals surface area (Å²) in [7, 11) is -4.76. The fourth-order valence-corrected chi connectivity index (χ4v) is 6.22. The Hall–Kier alpha value is -1.99. The summed E-state index contributed by atoms with van der Waals surface area (Å²) in [6, 6.07) is 0. The molecule has 0 saturated heterocycles. The lowest BCUT2D eigenvalue weighted by Gasteiger charge is -2.18. The molecule has 0 amide bonds. The van der Waals surface area contributed by atoms with Crippen LogP contribution in [0.15, 0.2) is 48.6 Å². The third-order valence-corrected chi connectivity index (χ3v) is 9.44. The largest absolute Gasteiger partial charge is 0.469 e. The van der Waals surface area contributed by atoms with Crippen molar-refractivity contribution in [3.05, 3.63) is 48.6 Å². The number of carbonyl (C=O) groups is 2. The molecule has 0 spiro atoms. The van der Waals surface area contributed by atoms with Gasteiger partial charge in [0.05, 0.1) is 6.61 Å². The van der Waals surface area contributed by atoms with E-state index in [9.17, 15) is 14.2 Å². The molecular formula is C43H77O8P. The summed E-state index contributed by atoms with van der Waals surface area (Å²) in [5.41, 5.74) is 0. The highest BCUT2D eigenvalue weighted by Crippen LogP contribution is 2.36. The number of unbranched alkanes of at least 4 members (excludes halogenated alkanes) is 23. The Bertz CT molecular complexity index is 984. The van der Waals surface area contributed by atoms with Gasteiger partial charge in [-0.2, -0.15) is 0 Å². The smallest absolute Gasteiger partial charge is 0.462 e. The highest BCUT2D eigenvalue weighted by atomic mass is 31.2. The molecule has 0 aliphatic rings. The molecule has 0 saturated carbocycles. The molecule has 52 heavy (non-hydrogen) atoms. The minimum Gasteiger partial charge on any atom is -0.462 e. The molecule has 0 radical (unpaired) electrons. The molecule has 0 rings (SSSR count). The average molecular weight is 753 g/mol. The Morgan fingerprint density at radius 1 is 0.519 bits per heavy atom. The van der Waals surface area contributed by atoms with Gasteiger partial charge in [0.15, 0.2) is 6.10 Å². The maximum Gasteiger partial charge on any atom is 0.469 e. The van der Waals surface area contributed by atoms with Crippen LogP contribution >= 0.6 is 7.82 Å². The van der Waals surface area contributed by atoms with Gasteiger partial charge in [-0.3, -0.25) is 14.1 Å². The Morgan fingerprint density at radius 2 is 0.923 bits per heavy atom. The van der Waals surface area contributed by atoms with E-state index in [1.807, 2.05) is 30.4 Å². The van der Waals surface area contributed by atoms with Crippen LogP contribution < -0.4 is 0 Å². The third-order valence-electron chi connectivity index (χ3n) is 8.96. The molecule has 0 aliphatic heterocycles. The van der Waals surface area contributed by atoms with Gasteiger partial charge in [-0.1, -0.05) is 197 Å². The van der Waals surface area contributed by atoms with E-state index in [1.54, 1.807) is 0 Å². The zero-order chi connectivity index (χ0) is 38.2. The van der Waals surface area contributed by atoms with Crippen molar-refractivity contribution in [1.82, 2.24) is 0 Å². The first-order valence-corrected chi connectivity index (χ1v) is 22.5. The van der Waals surface area contributed by atoms with E-state index in [1.165, 1.54) is 96.3 Å². The zero-order valence-corrected chi connectivity index (χ0v) is 34.1. The van der Waals surface area contributed by atoms with E-state index in [4.69, 9.17) is 19.3 Å². The van der Waals surface area contributed by atoms with Gasteiger partial charge < -0.3 is 19.3 Å². The molecule has 8 nitrogen and oxygen atoms in total. The van der Waals surface area contributed by atoms with Gasteiger partial charge in [0.25, 0.3) is 0 Å². The van der Waals surface area contributed by atoms with Gasteiger partial charge in [0, 0.05) is 12.8 Å². The molecule has 0 aromatic rings. The Labute approximate surface area is 318 Å². The van der Waals surface area contributed by atoms with Gasteiger partial charge in [-0.05, 0) is 32.1 Å². The Morgan fingerprint density at radius 3 is 1.38 bits per heavy atom. The number of ether oxygens (including phenoxy) is 2. The summed E-state index contributed by atoms with van der Waals surface area (Å²) in [6.45, 7) is 3.54. The summed E-state index contributed by atoms with van der Waals surface area (Å²) in [6.07, 6.45) is 46.9. The van der Waals surface area contributed by atoms with E-state index >= 15 is 0 Å². The van der Waals surface area contributed by atoms with E-state index in [0.29, 0.717) is 12.8 Å². The van der Waals surface area contributed by atoms with Gasteiger partial charge >= 0.3 is 19.8 Å². The third kappa shape index (κ3) is 40.8. The summed E-state index contributed by atoms with van der Waals surface area (Å²) in [4.78, 5) is 42.8. The molecular weight excluding hydrogens is 675 g/mol. The fraction of sp³-hybridized carbons (Fsp3) is 0.767. The number of hydrogen-bond donors (Lipinski definition) is 2. The van der Waals surface area contributed by atoms with Crippen LogP contribution in [0.2, 0.25) is 0 Å². The number of carbonyl (C=O) groups excluding carboxylic acids is 2. The zero-order valence-electron chi connectivity index (χ0n) is 33.2. The van der Waals surface area contributed by atoms with Crippen molar-refractivity contribution in [2.75, 3.05) is 13.2 Å². The van der Waals surface area contributed by atoms with Crippen LogP contribution in [0.25, 0.3) is 0 Å². The highest BCUT2D eigenvalue weighted by Gasteiger charge is 2.22. The summed E-state index contributed by atoms with van der Waals surface area (Å²) in [5.74, 6) is -0.908. The summed E-state index contributed by atoms with van der Waals surface area (Å²) < 4.78 is 26.4. The number of hydrogen-bond acceptors (Lipinski definition) is 6. The molecule has 0 aromatic heterocycles. The number of esters is 2. The molecule has 2 N–H and O–H groups in total. The molecule has 0 bridgehead atoms. The average Bonchev–Trinajstić information content (AvgIpc) is 3.11. The molecule has 1 atom stereocenters. The number of rotatable bonds is 38. The lowest BCUT2D eigenvalue weighted by Crippen LogP contribution is -2.29. The molecule has 0 unspecified atom stereocenters. The lowest BCUT2D eigenvalue weighted by molar-refractivity contribution is -0.161. The molecule has 9 heteroatoms. The van der Waals surface area contributed by atoms with Crippen molar-refractivity contribution in [3.63, 3.8) is 0 Å². The van der Waals surface area contributed by atoms with Gasteiger partial charge in [-0.15, -0.1) is 0 Å². The van der Waals surface area contributed by atoms with Crippen molar-refractivity contribution in [1.29, 1.82) is 0 Å². The van der Waals surface area contributed by atoms with Crippen LogP contribution in [0.3, 0.4) is 0 Å². The van der Waals surface area contributed by atoms with Crippen LogP contribution in [-0.2, 0) is 28.2 Å². The molecule has 0 aliphatic carbocycles. The highest BCUT2D eigenvalue weighted by molar-refractivity contribution is 7.46. The molecule has 0 heterocycles. The second kappa shape index (κ2) is 38.7. The first-order valence-electron chi connectivity index (χ1n) is 21.0. The first-order chi connectivity index (χ1) is 25.3. The number of allylic oxidation sites excluding steroid dienone is 8. The molecule has 0 aromatic carbocycles. The monoisotopic (exact) mass is 753 g/mol. The van der Waals surface area contributed by atoms with E-state index in [2.05, 4.69) is 36.6 Å². The lowest BCUT2D eigenvalue weighted by atomic mass is 10.0. The van der Waals surface area contributed by atoms with Crippen LogP contribution in [0.4, 0.5) is 0 Å². The molecule has 0 fully saturated rings. The topological polar surface area (TPSA) is 119 Å². The van der Waals surface area contributed by atoms with Crippen molar-refractivity contribution >= 4 is 19.8 Å². The van der Waals surface area contributed by atoms with Crippen LogP contribution in [0, 0.1) is 0 Å². The summed E-state index contributed by atoms with van der Waals surface area (Å²) in [5, 5.41) is 0. The van der Waals surface area contributed by atoms with Crippen LogP contribution in [0.1, 0.15) is 194 Å². The Kier molecular flexibility index (Phi) is 37.2. The number of phosphoric acid groups is 1. The van der Waals surface area contributed by atoms with Gasteiger partial charge in [-0.25, -0.2) is 4.57 Å².